The van der Waals surface area contributed by atoms with Crippen molar-refractivity contribution in [2.75, 3.05) is 0 Å². The number of hydrogen-bond donors (Lipinski definition) is 2. The maximum absolute atomic E-state index is 8.08. The van der Waals surface area contributed by atoms with Crippen LogP contribution >= 0.6 is 0 Å². The van der Waals surface area contributed by atoms with E-state index in [1.54, 1.807) is 0 Å². The van der Waals surface area contributed by atoms with Crippen molar-refractivity contribution in [1.29, 1.82) is 0 Å². The second-order valence-corrected chi connectivity index (χ2v) is 0.732. The molecule has 0 radical (unpaired) electrons. The normalized spacial score (nSPS) is 13.7. The SMILES string of the molecule is C=CC(O)OO. The molecular weight excluding hydrogens is 84.0 g/mol. The summed E-state index contributed by atoms with van der Waals surface area (Å²) in [6.07, 6.45) is -0.190. The summed E-state index contributed by atoms with van der Waals surface area (Å²) in [5, 5.41) is 15.6. The predicted molar refractivity (Wildman–Crippen MR) is 19.9 cm³/mol. The zero-order valence-electron chi connectivity index (χ0n) is 3.16. The Morgan fingerprint density at radius 1 is 1.83 bits per heavy atom. The molecule has 1 unspecified atom stereocenters. The Kier molecular flexibility index (Phi) is 2.66. The van der Waals surface area contributed by atoms with Crippen molar-refractivity contribution in [3.63, 3.8) is 0 Å². The van der Waals surface area contributed by atoms with Crippen molar-refractivity contribution in [3.05, 3.63) is 12.7 Å². The molecule has 0 spiro atoms. The van der Waals surface area contributed by atoms with Crippen molar-refractivity contribution in [2.45, 2.75) is 6.29 Å². The molecule has 3 heteroatoms. The van der Waals surface area contributed by atoms with Gasteiger partial charge in [-0.15, -0.1) is 0 Å². The van der Waals surface area contributed by atoms with Crippen molar-refractivity contribution >= 4 is 0 Å². The highest BCUT2D eigenvalue weighted by molar-refractivity contribution is 4.67. The highest BCUT2D eigenvalue weighted by Crippen LogP contribution is 1.78. The summed E-state index contributed by atoms with van der Waals surface area (Å²) in [6, 6.07) is 0. The lowest BCUT2D eigenvalue weighted by Gasteiger charge is -1.93. The highest BCUT2D eigenvalue weighted by Gasteiger charge is 1.88. The quantitative estimate of drug-likeness (QED) is 0.217. The molecule has 3 nitrogen and oxygen atoms in total. The van der Waals surface area contributed by atoms with Crippen molar-refractivity contribution in [2.24, 2.45) is 0 Å². The van der Waals surface area contributed by atoms with Gasteiger partial charge in [-0.25, -0.2) is 10.1 Å². The summed E-state index contributed by atoms with van der Waals surface area (Å²) in [7, 11) is 0. The monoisotopic (exact) mass is 90.0 g/mol. The Balaban J connectivity index is 2.96. The van der Waals surface area contributed by atoms with E-state index in [0.29, 0.717) is 0 Å². The highest BCUT2D eigenvalue weighted by atomic mass is 17.1. The van der Waals surface area contributed by atoms with Crippen LogP contribution in [0.3, 0.4) is 0 Å². The van der Waals surface area contributed by atoms with Crippen LogP contribution in [0.15, 0.2) is 12.7 Å². The second kappa shape index (κ2) is 2.84. The molecule has 0 aromatic heterocycles. The van der Waals surface area contributed by atoms with Crippen LogP contribution in [-0.4, -0.2) is 16.7 Å². The number of aliphatic hydroxyl groups excluding tert-OH is 1. The lowest BCUT2D eigenvalue weighted by Crippen LogP contribution is -2.02. The Hall–Kier alpha value is -0.380. The largest absolute Gasteiger partial charge is 0.363 e. The molecule has 6 heavy (non-hydrogen) atoms. The Morgan fingerprint density at radius 2 is 2.33 bits per heavy atom. The summed E-state index contributed by atoms with van der Waals surface area (Å²) in [6.45, 7) is 3.10. The van der Waals surface area contributed by atoms with E-state index in [2.05, 4.69) is 11.5 Å². The molecule has 2 N–H and O–H groups in total. The van der Waals surface area contributed by atoms with Gasteiger partial charge in [0.25, 0.3) is 0 Å². The maximum Gasteiger partial charge on any atom is 0.207 e. The number of rotatable bonds is 2. The van der Waals surface area contributed by atoms with Crippen molar-refractivity contribution < 1.29 is 15.3 Å². The molecule has 0 rings (SSSR count). The third-order valence-electron chi connectivity index (χ3n) is 0.310. The molecule has 1 atom stereocenters. The summed E-state index contributed by atoms with van der Waals surface area (Å²) in [5.41, 5.74) is 0. The summed E-state index contributed by atoms with van der Waals surface area (Å²) in [5.74, 6) is 0. The number of hydrogen-bond acceptors (Lipinski definition) is 3. The van der Waals surface area contributed by atoms with Gasteiger partial charge in [0, 0.05) is 0 Å². The molecule has 0 aromatic rings. The third-order valence-corrected chi connectivity index (χ3v) is 0.310. The van der Waals surface area contributed by atoms with Gasteiger partial charge in [-0.05, 0) is 6.08 Å². The minimum absolute atomic E-state index is 1.06. The first-order valence-electron chi connectivity index (χ1n) is 1.42. The van der Waals surface area contributed by atoms with Gasteiger partial charge in [-0.1, -0.05) is 6.58 Å². The molecule has 0 saturated heterocycles. The Bertz CT molecular complexity index is 43.3. The van der Waals surface area contributed by atoms with Crippen LogP contribution in [-0.2, 0) is 4.89 Å². The van der Waals surface area contributed by atoms with E-state index in [0.717, 1.165) is 6.08 Å². The first-order chi connectivity index (χ1) is 2.81. The van der Waals surface area contributed by atoms with Crippen LogP contribution in [0.5, 0.6) is 0 Å². The van der Waals surface area contributed by atoms with Gasteiger partial charge in [0.2, 0.25) is 6.29 Å². The molecule has 0 bridgehead atoms. The minimum Gasteiger partial charge on any atom is -0.363 e. The van der Waals surface area contributed by atoms with Gasteiger partial charge >= 0.3 is 0 Å². The molecular formula is C3H6O3. The predicted octanol–water partition coefficient (Wildman–Crippen LogP) is -0.0196. The van der Waals surface area contributed by atoms with Crippen LogP contribution in [0.25, 0.3) is 0 Å². The first-order valence-corrected chi connectivity index (χ1v) is 1.42. The fraction of sp³-hybridized carbons (Fsp3) is 0.333. The number of aliphatic hydroxyl groups is 1. The van der Waals surface area contributed by atoms with Crippen LogP contribution in [0.2, 0.25) is 0 Å². The molecule has 0 aliphatic carbocycles. The van der Waals surface area contributed by atoms with E-state index in [-0.39, 0.29) is 0 Å². The van der Waals surface area contributed by atoms with E-state index < -0.39 is 6.29 Å². The van der Waals surface area contributed by atoms with E-state index in [4.69, 9.17) is 10.4 Å². The smallest absolute Gasteiger partial charge is 0.207 e. The maximum atomic E-state index is 8.08. The first kappa shape index (κ1) is 5.62. The second-order valence-electron chi connectivity index (χ2n) is 0.732. The summed E-state index contributed by atoms with van der Waals surface area (Å²) >= 11 is 0. The van der Waals surface area contributed by atoms with Crippen LogP contribution in [0.4, 0.5) is 0 Å². The van der Waals surface area contributed by atoms with Crippen molar-refractivity contribution in [3.8, 4) is 0 Å². The molecule has 0 heterocycles. The van der Waals surface area contributed by atoms with Gasteiger partial charge in [0.1, 0.15) is 0 Å². The van der Waals surface area contributed by atoms with E-state index in [1.165, 1.54) is 0 Å². The van der Waals surface area contributed by atoms with Crippen LogP contribution < -0.4 is 0 Å². The Morgan fingerprint density at radius 3 is 2.33 bits per heavy atom. The summed E-state index contributed by atoms with van der Waals surface area (Å²) in [4.78, 5) is 3.34. The third kappa shape index (κ3) is 1.90. The van der Waals surface area contributed by atoms with Gasteiger partial charge in [0.05, 0.1) is 0 Å². The molecule has 0 aliphatic rings. The fourth-order valence-corrected chi connectivity index (χ4v) is 0.0430. The van der Waals surface area contributed by atoms with E-state index in [1.807, 2.05) is 0 Å². The minimum atomic E-state index is -1.25. The van der Waals surface area contributed by atoms with Gasteiger partial charge in [-0.2, -0.15) is 0 Å². The molecule has 0 amide bonds. The fourth-order valence-electron chi connectivity index (χ4n) is 0.0430. The van der Waals surface area contributed by atoms with E-state index in [9.17, 15) is 0 Å². The molecule has 36 valence electrons. The topological polar surface area (TPSA) is 49.7 Å². The molecule has 0 aliphatic heterocycles. The zero-order valence-corrected chi connectivity index (χ0v) is 3.16. The van der Waals surface area contributed by atoms with Gasteiger partial charge < -0.3 is 5.11 Å². The average Bonchev–Trinajstić information content (AvgIpc) is 1.65. The standard InChI is InChI=1S/C3H6O3/c1-2-3(4)6-5/h2-5H,1H2. The lowest BCUT2D eigenvalue weighted by atomic mass is 10.6. The molecule has 0 saturated carbocycles. The van der Waals surface area contributed by atoms with Gasteiger partial charge in [-0.3, -0.25) is 0 Å². The zero-order chi connectivity index (χ0) is 4.99. The molecule has 0 fully saturated rings. The van der Waals surface area contributed by atoms with Crippen LogP contribution in [0.1, 0.15) is 0 Å². The average molecular weight is 90.1 g/mol. The van der Waals surface area contributed by atoms with Crippen molar-refractivity contribution in [1.82, 2.24) is 0 Å². The lowest BCUT2D eigenvalue weighted by molar-refractivity contribution is -0.317. The summed E-state index contributed by atoms with van der Waals surface area (Å²) < 4.78 is 0. The van der Waals surface area contributed by atoms with Gasteiger partial charge in [0.15, 0.2) is 0 Å². The Labute approximate surface area is 35.4 Å². The van der Waals surface area contributed by atoms with E-state index >= 15 is 0 Å². The molecule has 0 aromatic carbocycles. The van der Waals surface area contributed by atoms with Crippen LogP contribution in [0, 0.1) is 0 Å².